The van der Waals surface area contributed by atoms with Crippen LogP contribution in [0.4, 0.5) is 0 Å². The van der Waals surface area contributed by atoms with Crippen LogP contribution in [0.2, 0.25) is 0 Å². The van der Waals surface area contributed by atoms with Crippen molar-refractivity contribution in [3.8, 4) is 24.0 Å². The largest absolute Gasteiger partial charge is 0.496 e. The second-order valence-corrected chi connectivity index (χ2v) is 4.48. The summed E-state index contributed by atoms with van der Waals surface area (Å²) < 4.78 is 5.97. The number of methoxy groups -OCH3 is 1. The Hall–Kier alpha value is -2.75. The van der Waals surface area contributed by atoms with Crippen LogP contribution in [0.15, 0.2) is 39.5 Å². The molecule has 0 aliphatic heterocycles. The lowest BCUT2D eigenvalue weighted by molar-refractivity contribution is 0.414. The maximum atomic E-state index is 9.13. The fourth-order valence-corrected chi connectivity index (χ4v) is 1.80. The van der Waals surface area contributed by atoms with E-state index in [0.717, 1.165) is 4.47 Å². The maximum Gasteiger partial charge on any atom is 0.153 e. The molecule has 0 aliphatic carbocycles. The highest BCUT2D eigenvalue weighted by Crippen LogP contribution is 2.26. The van der Waals surface area contributed by atoms with Gasteiger partial charge in [-0.3, -0.25) is 0 Å². The van der Waals surface area contributed by atoms with E-state index in [1.807, 2.05) is 6.07 Å². The van der Waals surface area contributed by atoms with Crippen LogP contribution in [0, 0.1) is 34.0 Å². The first-order valence-electron chi connectivity index (χ1n) is 5.33. The molecule has 0 fully saturated rings. The van der Waals surface area contributed by atoms with E-state index in [-0.39, 0.29) is 16.8 Å². The van der Waals surface area contributed by atoms with E-state index >= 15 is 0 Å². The summed E-state index contributed by atoms with van der Waals surface area (Å²) in [4.78, 5) is 0. The summed E-state index contributed by atoms with van der Waals surface area (Å²) in [5, 5.41) is 26.7. The Kier molecular flexibility index (Phi) is 5.35. The van der Waals surface area contributed by atoms with Crippen molar-refractivity contribution in [2.24, 2.45) is 5.73 Å². The number of halogens is 1. The van der Waals surface area contributed by atoms with E-state index in [2.05, 4.69) is 15.9 Å². The van der Waals surface area contributed by atoms with Crippen LogP contribution >= 0.6 is 15.9 Å². The molecule has 20 heavy (non-hydrogen) atoms. The topological polar surface area (TPSA) is 107 Å². The standard InChI is InChI=1S/C14H9BrN4O/c1-20-13-3-2-12(15)5-9(13)4-10(6-16)14(19)11(7-17)8-18/h2-5H,19H2,1H3. The third-order valence-electron chi connectivity index (χ3n) is 2.40. The second kappa shape index (κ2) is 6.99. The Morgan fingerprint density at radius 2 is 1.90 bits per heavy atom. The highest BCUT2D eigenvalue weighted by Gasteiger charge is 2.10. The summed E-state index contributed by atoms with van der Waals surface area (Å²) in [5.74, 6) is 0.546. The Morgan fingerprint density at radius 3 is 2.40 bits per heavy atom. The van der Waals surface area contributed by atoms with E-state index in [1.54, 1.807) is 30.3 Å². The van der Waals surface area contributed by atoms with Gasteiger partial charge in [-0.25, -0.2) is 0 Å². The SMILES string of the molecule is COc1ccc(Br)cc1C=C(C#N)C(N)=C(C#N)C#N. The molecular formula is C14H9BrN4O. The normalized spacial score (nSPS) is 9.85. The number of hydrogen-bond acceptors (Lipinski definition) is 5. The van der Waals surface area contributed by atoms with Crippen LogP contribution in [0.1, 0.15) is 5.56 Å². The molecule has 0 atom stereocenters. The molecule has 5 nitrogen and oxygen atoms in total. The number of benzene rings is 1. The molecule has 0 unspecified atom stereocenters. The van der Waals surface area contributed by atoms with Gasteiger partial charge in [0.15, 0.2) is 5.57 Å². The molecular weight excluding hydrogens is 320 g/mol. The van der Waals surface area contributed by atoms with Gasteiger partial charge >= 0.3 is 0 Å². The van der Waals surface area contributed by atoms with Gasteiger partial charge in [0.2, 0.25) is 0 Å². The Morgan fingerprint density at radius 1 is 1.25 bits per heavy atom. The van der Waals surface area contributed by atoms with Gasteiger partial charge < -0.3 is 10.5 Å². The van der Waals surface area contributed by atoms with Crippen molar-refractivity contribution in [3.63, 3.8) is 0 Å². The zero-order valence-corrected chi connectivity index (χ0v) is 12.1. The fraction of sp³-hybridized carbons (Fsp3) is 0.0714. The van der Waals surface area contributed by atoms with Crippen molar-refractivity contribution in [1.29, 1.82) is 15.8 Å². The van der Waals surface area contributed by atoms with Crippen molar-refractivity contribution in [2.45, 2.75) is 0 Å². The maximum absolute atomic E-state index is 9.13. The lowest BCUT2D eigenvalue weighted by Crippen LogP contribution is -2.03. The van der Waals surface area contributed by atoms with Crippen LogP contribution in [0.25, 0.3) is 6.08 Å². The molecule has 2 N–H and O–H groups in total. The van der Waals surface area contributed by atoms with Crippen molar-refractivity contribution >= 4 is 22.0 Å². The summed E-state index contributed by atoms with van der Waals surface area (Å²) in [6.07, 6.45) is 1.47. The molecule has 0 spiro atoms. The van der Waals surface area contributed by atoms with Gasteiger partial charge in [0.25, 0.3) is 0 Å². The molecule has 98 valence electrons. The van der Waals surface area contributed by atoms with E-state index in [0.29, 0.717) is 11.3 Å². The van der Waals surface area contributed by atoms with Crippen molar-refractivity contribution in [3.05, 3.63) is 45.1 Å². The predicted octanol–water partition coefficient (Wildman–Crippen LogP) is 2.62. The van der Waals surface area contributed by atoms with Crippen LogP contribution < -0.4 is 10.5 Å². The highest BCUT2D eigenvalue weighted by atomic mass is 79.9. The molecule has 0 heterocycles. The first-order valence-corrected chi connectivity index (χ1v) is 6.12. The Bertz CT molecular complexity index is 698. The number of allylic oxidation sites excluding steroid dienone is 2. The van der Waals surface area contributed by atoms with Gasteiger partial charge in [-0.1, -0.05) is 15.9 Å². The molecule has 0 saturated heterocycles. The summed E-state index contributed by atoms with van der Waals surface area (Å²) >= 11 is 3.31. The zero-order valence-electron chi connectivity index (χ0n) is 10.5. The molecule has 6 heteroatoms. The monoisotopic (exact) mass is 328 g/mol. The number of nitrogens with zero attached hydrogens (tertiary/aromatic N) is 3. The van der Waals surface area contributed by atoms with Crippen molar-refractivity contribution in [2.75, 3.05) is 7.11 Å². The summed E-state index contributed by atoms with van der Waals surface area (Å²) in [6, 6.07) is 10.4. The van der Waals surface area contributed by atoms with E-state index in [9.17, 15) is 0 Å². The molecule has 0 bridgehead atoms. The van der Waals surface area contributed by atoms with Gasteiger partial charge in [-0.05, 0) is 24.3 Å². The minimum absolute atomic E-state index is 0.0273. The summed E-state index contributed by atoms with van der Waals surface area (Å²) in [5.41, 5.74) is 5.85. The van der Waals surface area contributed by atoms with Gasteiger partial charge in [-0.15, -0.1) is 0 Å². The Labute approximate surface area is 124 Å². The Balaban J connectivity index is 3.46. The van der Waals surface area contributed by atoms with Crippen molar-refractivity contribution in [1.82, 2.24) is 0 Å². The average molecular weight is 329 g/mol. The smallest absolute Gasteiger partial charge is 0.153 e. The van der Waals surface area contributed by atoms with E-state index < -0.39 is 0 Å². The lowest BCUT2D eigenvalue weighted by atomic mass is 10.1. The van der Waals surface area contributed by atoms with Crippen LogP contribution in [0.5, 0.6) is 5.75 Å². The molecule has 1 rings (SSSR count). The highest BCUT2D eigenvalue weighted by molar-refractivity contribution is 9.10. The third kappa shape index (κ3) is 3.38. The van der Waals surface area contributed by atoms with E-state index in [1.165, 1.54) is 13.2 Å². The minimum Gasteiger partial charge on any atom is -0.496 e. The van der Waals surface area contributed by atoms with Gasteiger partial charge in [-0.2, -0.15) is 15.8 Å². The molecule has 0 radical (unpaired) electrons. The average Bonchev–Trinajstić information content (AvgIpc) is 2.46. The van der Waals surface area contributed by atoms with Crippen LogP contribution in [0.3, 0.4) is 0 Å². The molecule has 0 amide bonds. The molecule has 0 saturated carbocycles. The van der Waals surface area contributed by atoms with Crippen LogP contribution in [-0.4, -0.2) is 7.11 Å². The van der Waals surface area contributed by atoms with Crippen LogP contribution in [-0.2, 0) is 0 Å². The first-order chi connectivity index (χ1) is 9.57. The number of nitrogens with two attached hydrogens (primary N) is 1. The number of hydrogen-bond donors (Lipinski definition) is 1. The molecule has 1 aromatic carbocycles. The van der Waals surface area contributed by atoms with Gasteiger partial charge in [0, 0.05) is 10.0 Å². The second-order valence-electron chi connectivity index (χ2n) is 3.57. The fourth-order valence-electron chi connectivity index (χ4n) is 1.42. The molecule has 0 aromatic heterocycles. The first kappa shape index (κ1) is 15.3. The number of rotatable bonds is 3. The van der Waals surface area contributed by atoms with Gasteiger partial charge in [0.05, 0.1) is 18.4 Å². The van der Waals surface area contributed by atoms with Crippen molar-refractivity contribution < 1.29 is 4.74 Å². The minimum atomic E-state index is -0.299. The summed E-state index contributed by atoms with van der Waals surface area (Å²) in [7, 11) is 1.50. The van der Waals surface area contributed by atoms with E-state index in [4.69, 9.17) is 26.3 Å². The molecule has 0 aliphatic rings. The third-order valence-corrected chi connectivity index (χ3v) is 2.89. The lowest BCUT2D eigenvalue weighted by Gasteiger charge is -2.06. The number of nitriles is 3. The van der Waals surface area contributed by atoms with Gasteiger partial charge in [0.1, 0.15) is 24.0 Å². The number of ether oxygens (including phenoxy) is 1. The predicted molar refractivity (Wildman–Crippen MR) is 76.7 cm³/mol. The quantitative estimate of drug-likeness (QED) is 0.677. The summed E-state index contributed by atoms with van der Waals surface area (Å²) in [6.45, 7) is 0. The molecule has 1 aromatic rings. The zero-order chi connectivity index (χ0) is 15.1.